The summed E-state index contributed by atoms with van der Waals surface area (Å²) in [5.41, 5.74) is 0.0936. The highest BCUT2D eigenvalue weighted by atomic mass is 16.6. The van der Waals surface area contributed by atoms with Crippen LogP contribution in [0.5, 0.6) is 0 Å². The maximum atomic E-state index is 11.1. The van der Waals surface area contributed by atoms with Crippen LogP contribution in [0, 0.1) is 16.0 Å². The average molecular weight is 292 g/mol. The van der Waals surface area contributed by atoms with Crippen molar-refractivity contribution in [2.24, 2.45) is 5.92 Å². The number of pyridine rings is 1. The highest BCUT2D eigenvalue weighted by Gasteiger charge is 2.26. The van der Waals surface area contributed by atoms with Crippen molar-refractivity contribution in [1.29, 1.82) is 0 Å². The third kappa shape index (κ3) is 3.83. The molecule has 1 aliphatic carbocycles. The minimum absolute atomic E-state index is 0.0936. The van der Waals surface area contributed by atoms with Gasteiger partial charge in [-0.05, 0) is 18.8 Å². The number of hydrogen-bond acceptors (Lipinski definition) is 5. The van der Waals surface area contributed by atoms with Crippen LogP contribution in [0.1, 0.15) is 39.5 Å². The lowest BCUT2D eigenvalue weighted by atomic mass is 10.1. The molecule has 116 valence electrons. The summed E-state index contributed by atoms with van der Waals surface area (Å²) < 4.78 is 0. The fourth-order valence-corrected chi connectivity index (χ4v) is 2.92. The first-order valence-corrected chi connectivity index (χ1v) is 7.62. The Hall–Kier alpha value is -1.85. The van der Waals surface area contributed by atoms with E-state index in [1.54, 1.807) is 13.1 Å². The molecule has 1 aliphatic rings. The highest BCUT2D eigenvalue weighted by molar-refractivity contribution is 5.56. The van der Waals surface area contributed by atoms with Crippen LogP contribution in [0.3, 0.4) is 0 Å². The van der Waals surface area contributed by atoms with Gasteiger partial charge in [0.05, 0.1) is 17.1 Å². The van der Waals surface area contributed by atoms with Gasteiger partial charge in [0, 0.05) is 19.6 Å². The van der Waals surface area contributed by atoms with E-state index in [1.807, 2.05) is 0 Å². The van der Waals surface area contributed by atoms with Gasteiger partial charge in [0.25, 0.3) is 5.69 Å². The molecule has 0 radical (unpaired) electrons. The molecule has 0 aliphatic heterocycles. The summed E-state index contributed by atoms with van der Waals surface area (Å²) in [6.45, 7) is 5.21. The van der Waals surface area contributed by atoms with Gasteiger partial charge in [0.2, 0.25) is 0 Å². The van der Waals surface area contributed by atoms with Crippen LogP contribution < -0.4 is 10.2 Å². The third-order valence-corrected chi connectivity index (χ3v) is 3.89. The smallest absolute Gasteiger partial charge is 0.276 e. The molecule has 0 unspecified atom stereocenters. The van der Waals surface area contributed by atoms with Gasteiger partial charge in [-0.1, -0.05) is 26.7 Å². The monoisotopic (exact) mass is 292 g/mol. The number of nitro groups is 1. The van der Waals surface area contributed by atoms with Gasteiger partial charge in [0.15, 0.2) is 0 Å². The first-order valence-electron chi connectivity index (χ1n) is 7.62. The minimum atomic E-state index is -0.353. The SMILES string of the molecule is CNc1cc([N+](=O)[O-])cc(N(CC(C)C)C2CCCC2)n1. The van der Waals surface area contributed by atoms with E-state index in [2.05, 4.69) is 29.0 Å². The second-order valence-corrected chi connectivity index (χ2v) is 6.06. The number of nitrogens with zero attached hydrogens (tertiary/aromatic N) is 3. The van der Waals surface area contributed by atoms with E-state index in [-0.39, 0.29) is 10.6 Å². The maximum absolute atomic E-state index is 11.1. The molecule has 1 N–H and O–H groups in total. The van der Waals surface area contributed by atoms with Crippen molar-refractivity contribution in [3.8, 4) is 0 Å². The first-order chi connectivity index (χ1) is 10.0. The lowest BCUT2D eigenvalue weighted by Crippen LogP contribution is -2.37. The van der Waals surface area contributed by atoms with E-state index in [4.69, 9.17) is 0 Å². The molecule has 1 fully saturated rings. The van der Waals surface area contributed by atoms with Crippen LogP contribution in [0.4, 0.5) is 17.3 Å². The van der Waals surface area contributed by atoms with E-state index < -0.39 is 0 Å². The van der Waals surface area contributed by atoms with Gasteiger partial charge in [-0.25, -0.2) is 4.98 Å². The van der Waals surface area contributed by atoms with Crippen LogP contribution in [0.25, 0.3) is 0 Å². The number of aromatic nitrogens is 1. The fraction of sp³-hybridized carbons (Fsp3) is 0.667. The molecule has 2 rings (SSSR count). The van der Waals surface area contributed by atoms with Gasteiger partial charge < -0.3 is 10.2 Å². The van der Waals surface area contributed by atoms with Gasteiger partial charge >= 0.3 is 0 Å². The lowest BCUT2D eigenvalue weighted by Gasteiger charge is -2.31. The molecule has 0 spiro atoms. The van der Waals surface area contributed by atoms with Gasteiger partial charge in [-0.2, -0.15) is 0 Å². The maximum Gasteiger partial charge on any atom is 0.276 e. The number of hydrogen-bond donors (Lipinski definition) is 1. The second kappa shape index (κ2) is 6.74. The summed E-state index contributed by atoms with van der Waals surface area (Å²) in [5.74, 6) is 1.75. The van der Waals surface area contributed by atoms with E-state index >= 15 is 0 Å². The van der Waals surface area contributed by atoms with Crippen LogP contribution in [-0.2, 0) is 0 Å². The van der Waals surface area contributed by atoms with Gasteiger partial charge in [0.1, 0.15) is 11.6 Å². The summed E-state index contributed by atoms with van der Waals surface area (Å²) in [4.78, 5) is 17.6. The van der Waals surface area contributed by atoms with E-state index in [0.717, 1.165) is 19.4 Å². The Morgan fingerprint density at radius 2 is 2.10 bits per heavy atom. The summed E-state index contributed by atoms with van der Waals surface area (Å²) in [6, 6.07) is 3.53. The topological polar surface area (TPSA) is 71.3 Å². The Balaban J connectivity index is 2.37. The van der Waals surface area contributed by atoms with Crippen molar-refractivity contribution in [2.75, 3.05) is 23.8 Å². The zero-order valence-corrected chi connectivity index (χ0v) is 13.0. The standard InChI is InChI=1S/C15H24N4O2/c1-11(2)10-18(12-6-4-5-7-12)15-9-13(19(20)21)8-14(16-3)17-15/h8-9,11-12H,4-7,10H2,1-3H3,(H,16,17). The van der Waals surface area contributed by atoms with Crippen molar-refractivity contribution in [1.82, 2.24) is 4.98 Å². The molecular weight excluding hydrogens is 268 g/mol. The molecule has 21 heavy (non-hydrogen) atoms. The third-order valence-electron chi connectivity index (χ3n) is 3.89. The molecule has 0 bridgehead atoms. The van der Waals surface area contributed by atoms with Crippen LogP contribution in [-0.4, -0.2) is 29.5 Å². The Labute approximate surface area is 125 Å². The molecule has 0 saturated heterocycles. The molecule has 1 aromatic rings. The molecule has 1 aromatic heterocycles. The molecule has 0 aromatic carbocycles. The van der Waals surface area contributed by atoms with Crippen molar-refractivity contribution in [3.05, 3.63) is 22.2 Å². The molecule has 0 amide bonds. The molecule has 6 heteroatoms. The summed E-state index contributed by atoms with van der Waals surface area (Å²) in [6.07, 6.45) is 4.75. The van der Waals surface area contributed by atoms with E-state index in [0.29, 0.717) is 23.6 Å². The molecule has 6 nitrogen and oxygen atoms in total. The molecule has 1 heterocycles. The predicted molar refractivity (Wildman–Crippen MR) is 84.9 cm³/mol. The van der Waals surface area contributed by atoms with Crippen molar-refractivity contribution in [3.63, 3.8) is 0 Å². The number of rotatable bonds is 6. The fourth-order valence-electron chi connectivity index (χ4n) is 2.92. The van der Waals surface area contributed by atoms with E-state index in [9.17, 15) is 10.1 Å². The van der Waals surface area contributed by atoms with Crippen molar-refractivity contribution >= 4 is 17.3 Å². The second-order valence-electron chi connectivity index (χ2n) is 6.06. The van der Waals surface area contributed by atoms with Crippen LogP contribution in [0.2, 0.25) is 0 Å². The van der Waals surface area contributed by atoms with Crippen molar-refractivity contribution < 1.29 is 4.92 Å². The predicted octanol–water partition coefficient (Wildman–Crippen LogP) is 3.44. The Bertz CT molecular complexity index is 498. The lowest BCUT2D eigenvalue weighted by molar-refractivity contribution is -0.384. The molecular formula is C15H24N4O2. The number of anilines is 2. The van der Waals surface area contributed by atoms with Crippen molar-refractivity contribution in [2.45, 2.75) is 45.6 Å². The van der Waals surface area contributed by atoms with Gasteiger partial charge in [-0.3, -0.25) is 10.1 Å². The van der Waals surface area contributed by atoms with E-state index in [1.165, 1.54) is 18.9 Å². The first kappa shape index (κ1) is 15.5. The Kier molecular flexibility index (Phi) is 4.98. The number of nitrogens with one attached hydrogen (secondary N) is 1. The quantitative estimate of drug-likeness (QED) is 0.642. The summed E-state index contributed by atoms with van der Waals surface area (Å²) >= 11 is 0. The normalized spacial score (nSPS) is 15.4. The Morgan fingerprint density at radius 1 is 1.43 bits per heavy atom. The molecule has 0 atom stereocenters. The largest absolute Gasteiger partial charge is 0.373 e. The summed E-state index contributed by atoms with van der Waals surface area (Å²) in [7, 11) is 1.73. The van der Waals surface area contributed by atoms with Crippen LogP contribution >= 0.6 is 0 Å². The van der Waals surface area contributed by atoms with Crippen LogP contribution in [0.15, 0.2) is 12.1 Å². The average Bonchev–Trinajstić information content (AvgIpc) is 2.97. The zero-order valence-electron chi connectivity index (χ0n) is 13.0. The summed E-state index contributed by atoms with van der Waals surface area (Å²) in [5, 5.41) is 14.0. The van der Waals surface area contributed by atoms with Gasteiger partial charge in [-0.15, -0.1) is 0 Å². The zero-order chi connectivity index (χ0) is 15.4. The Morgan fingerprint density at radius 3 is 2.62 bits per heavy atom. The molecule has 1 saturated carbocycles. The highest BCUT2D eigenvalue weighted by Crippen LogP contribution is 2.31. The minimum Gasteiger partial charge on any atom is -0.373 e.